The predicted octanol–water partition coefficient (Wildman–Crippen LogP) is 1.96. The van der Waals surface area contributed by atoms with Crippen molar-refractivity contribution in [3.63, 3.8) is 0 Å². The molecule has 1 aromatic carbocycles. The number of ether oxygens (including phenoxy) is 2. The maximum Gasteiger partial charge on any atom is 0.269 e. The molecular formula is C22H26N6O3. The molecule has 162 valence electrons. The van der Waals surface area contributed by atoms with Gasteiger partial charge in [-0.15, -0.1) is 0 Å². The molecule has 0 bridgehead atoms. The minimum absolute atomic E-state index is 0.234. The lowest BCUT2D eigenvalue weighted by Gasteiger charge is -2.28. The summed E-state index contributed by atoms with van der Waals surface area (Å²) in [6, 6.07) is 11.3. The summed E-state index contributed by atoms with van der Waals surface area (Å²) < 4.78 is 12.3. The highest BCUT2D eigenvalue weighted by Gasteiger charge is 2.17. The van der Waals surface area contributed by atoms with Gasteiger partial charge in [0.1, 0.15) is 23.1 Å². The number of morpholine rings is 1. The van der Waals surface area contributed by atoms with Gasteiger partial charge < -0.3 is 19.7 Å². The summed E-state index contributed by atoms with van der Waals surface area (Å²) in [5.41, 5.74) is 2.90. The Labute approximate surface area is 181 Å². The lowest BCUT2D eigenvalue weighted by molar-refractivity contribution is 0.0940. The van der Waals surface area contributed by atoms with Gasteiger partial charge in [-0.2, -0.15) is 5.10 Å². The Morgan fingerprint density at radius 3 is 2.77 bits per heavy atom. The average molecular weight is 422 g/mol. The molecule has 1 saturated heterocycles. The number of aryl methyl sites for hydroxylation is 2. The van der Waals surface area contributed by atoms with Crippen molar-refractivity contribution in [2.24, 2.45) is 7.05 Å². The third-order valence-corrected chi connectivity index (χ3v) is 5.11. The van der Waals surface area contributed by atoms with Crippen LogP contribution in [0.15, 0.2) is 36.4 Å². The van der Waals surface area contributed by atoms with E-state index in [1.165, 1.54) is 0 Å². The van der Waals surface area contributed by atoms with Crippen molar-refractivity contribution in [2.45, 2.75) is 13.5 Å². The van der Waals surface area contributed by atoms with Crippen LogP contribution in [0.4, 0.5) is 5.82 Å². The zero-order valence-electron chi connectivity index (χ0n) is 18.0. The summed E-state index contributed by atoms with van der Waals surface area (Å²) in [7, 11) is 3.37. The number of anilines is 1. The monoisotopic (exact) mass is 422 g/mol. The van der Waals surface area contributed by atoms with E-state index in [-0.39, 0.29) is 12.5 Å². The van der Waals surface area contributed by atoms with E-state index >= 15 is 0 Å². The lowest BCUT2D eigenvalue weighted by atomic mass is 10.1. The molecule has 4 rings (SSSR count). The molecule has 1 aliphatic rings. The van der Waals surface area contributed by atoms with Gasteiger partial charge in [0.25, 0.3) is 5.91 Å². The van der Waals surface area contributed by atoms with Gasteiger partial charge in [0.05, 0.1) is 32.6 Å². The molecule has 0 unspecified atom stereocenters. The number of nitrogens with zero attached hydrogens (tertiary/aromatic N) is 5. The summed E-state index contributed by atoms with van der Waals surface area (Å²) in [4.78, 5) is 24.1. The van der Waals surface area contributed by atoms with Gasteiger partial charge in [-0.1, -0.05) is 12.1 Å². The maximum absolute atomic E-state index is 12.8. The first kappa shape index (κ1) is 20.8. The van der Waals surface area contributed by atoms with E-state index < -0.39 is 0 Å². The predicted molar refractivity (Wildman–Crippen MR) is 116 cm³/mol. The molecule has 0 saturated carbocycles. The third-order valence-electron chi connectivity index (χ3n) is 5.11. The highest BCUT2D eigenvalue weighted by molar-refractivity contribution is 5.93. The standard InChI is InChI=1S/C22H26N6O3/c1-15-11-21(28-7-9-31-10-8-28)25-20(24-15)14-23-22(29)19-13-18(26-27(19)2)16-5-4-6-17(12-16)30-3/h4-6,11-13H,7-10,14H2,1-3H3,(H,23,29). The molecule has 9 heteroatoms. The van der Waals surface area contributed by atoms with E-state index in [9.17, 15) is 4.79 Å². The minimum atomic E-state index is -0.234. The molecular weight excluding hydrogens is 396 g/mol. The first-order valence-corrected chi connectivity index (χ1v) is 10.2. The van der Waals surface area contributed by atoms with Crippen LogP contribution in [0.2, 0.25) is 0 Å². The highest BCUT2D eigenvalue weighted by Crippen LogP contribution is 2.23. The van der Waals surface area contributed by atoms with Crippen molar-refractivity contribution in [3.8, 4) is 17.0 Å². The summed E-state index contributed by atoms with van der Waals surface area (Å²) in [6.07, 6.45) is 0. The zero-order valence-corrected chi connectivity index (χ0v) is 18.0. The second-order valence-corrected chi connectivity index (χ2v) is 7.34. The third kappa shape index (κ3) is 4.83. The molecule has 31 heavy (non-hydrogen) atoms. The Balaban J connectivity index is 1.47. The maximum atomic E-state index is 12.8. The van der Waals surface area contributed by atoms with Crippen LogP contribution >= 0.6 is 0 Å². The largest absolute Gasteiger partial charge is 0.497 e. The van der Waals surface area contributed by atoms with Crippen LogP contribution in [0.25, 0.3) is 11.3 Å². The molecule has 1 fully saturated rings. The van der Waals surface area contributed by atoms with Crippen molar-refractivity contribution in [2.75, 3.05) is 38.3 Å². The van der Waals surface area contributed by atoms with Crippen molar-refractivity contribution >= 4 is 11.7 Å². The van der Waals surface area contributed by atoms with Gasteiger partial charge >= 0.3 is 0 Å². The number of carbonyl (C=O) groups is 1. The van der Waals surface area contributed by atoms with Crippen molar-refractivity contribution in [3.05, 3.63) is 53.6 Å². The van der Waals surface area contributed by atoms with Gasteiger partial charge in [0, 0.05) is 37.5 Å². The Bertz CT molecular complexity index is 1070. The summed E-state index contributed by atoms with van der Waals surface area (Å²) in [6.45, 7) is 5.13. The number of amides is 1. The molecule has 1 N–H and O–H groups in total. The Morgan fingerprint density at radius 1 is 1.19 bits per heavy atom. The van der Waals surface area contributed by atoms with E-state index in [4.69, 9.17) is 9.47 Å². The number of methoxy groups -OCH3 is 1. The van der Waals surface area contributed by atoms with Crippen molar-refractivity contribution in [1.82, 2.24) is 25.1 Å². The first-order chi connectivity index (χ1) is 15.0. The number of rotatable bonds is 6. The molecule has 0 atom stereocenters. The van der Waals surface area contributed by atoms with Crippen LogP contribution in [-0.2, 0) is 18.3 Å². The normalized spacial score (nSPS) is 13.8. The van der Waals surface area contributed by atoms with Gasteiger partial charge in [-0.05, 0) is 25.1 Å². The number of nitrogens with one attached hydrogen (secondary N) is 1. The van der Waals surface area contributed by atoms with Crippen molar-refractivity contribution < 1.29 is 14.3 Å². The average Bonchev–Trinajstić information content (AvgIpc) is 3.19. The van der Waals surface area contributed by atoms with E-state index in [0.717, 1.165) is 35.9 Å². The molecule has 2 aromatic heterocycles. The summed E-state index contributed by atoms with van der Waals surface area (Å²) >= 11 is 0. The fourth-order valence-electron chi connectivity index (χ4n) is 3.50. The molecule has 3 heterocycles. The zero-order chi connectivity index (χ0) is 21.8. The van der Waals surface area contributed by atoms with Gasteiger partial charge in [0.15, 0.2) is 0 Å². The van der Waals surface area contributed by atoms with Crippen LogP contribution < -0.4 is 15.0 Å². The Kier molecular flexibility index (Phi) is 6.13. The summed E-state index contributed by atoms with van der Waals surface area (Å²) in [5, 5.41) is 7.38. The number of benzene rings is 1. The van der Waals surface area contributed by atoms with E-state index in [1.54, 1.807) is 24.9 Å². The number of carbonyl (C=O) groups excluding carboxylic acids is 1. The topological polar surface area (TPSA) is 94.4 Å². The lowest BCUT2D eigenvalue weighted by Crippen LogP contribution is -2.37. The summed E-state index contributed by atoms with van der Waals surface area (Å²) in [5.74, 6) is 1.94. The van der Waals surface area contributed by atoms with E-state index in [0.29, 0.717) is 30.4 Å². The van der Waals surface area contributed by atoms with Gasteiger partial charge in [-0.3, -0.25) is 9.48 Å². The molecule has 1 aliphatic heterocycles. The van der Waals surface area contributed by atoms with Crippen LogP contribution in [0.5, 0.6) is 5.75 Å². The number of hydrogen-bond acceptors (Lipinski definition) is 7. The molecule has 0 aliphatic carbocycles. The molecule has 9 nitrogen and oxygen atoms in total. The highest BCUT2D eigenvalue weighted by atomic mass is 16.5. The van der Waals surface area contributed by atoms with Crippen LogP contribution in [0.3, 0.4) is 0 Å². The quantitative estimate of drug-likeness (QED) is 0.649. The molecule has 0 spiro atoms. The van der Waals surface area contributed by atoms with E-state index in [2.05, 4.69) is 25.3 Å². The van der Waals surface area contributed by atoms with Gasteiger partial charge in [-0.25, -0.2) is 9.97 Å². The number of aromatic nitrogens is 4. The second kappa shape index (κ2) is 9.13. The Morgan fingerprint density at radius 2 is 2.00 bits per heavy atom. The van der Waals surface area contributed by atoms with Crippen LogP contribution in [0.1, 0.15) is 22.0 Å². The van der Waals surface area contributed by atoms with E-state index in [1.807, 2.05) is 37.3 Å². The Hall–Kier alpha value is -3.46. The minimum Gasteiger partial charge on any atom is -0.497 e. The van der Waals surface area contributed by atoms with Gasteiger partial charge in [0.2, 0.25) is 0 Å². The smallest absolute Gasteiger partial charge is 0.269 e. The van der Waals surface area contributed by atoms with Crippen LogP contribution in [-0.4, -0.2) is 59.1 Å². The van der Waals surface area contributed by atoms with Crippen molar-refractivity contribution in [1.29, 1.82) is 0 Å². The fourth-order valence-corrected chi connectivity index (χ4v) is 3.50. The molecule has 0 radical (unpaired) electrons. The molecule has 3 aromatic rings. The fraction of sp³-hybridized carbons (Fsp3) is 0.364. The second-order valence-electron chi connectivity index (χ2n) is 7.34. The number of hydrogen-bond donors (Lipinski definition) is 1. The molecule has 1 amide bonds. The van der Waals surface area contributed by atoms with Crippen LogP contribution in [0, 0.1) is 6.92 Å². The first-order valence-electron chi connectivity index (χ1n) is 10.2. The SMILES string of the molecule is COc1cccc(-c2cc(C(=O)NCc3nc(C)cc(N4CCOCC4)n3)n(C)n2)c1.